The lowest BCUT2D eigenvalue weighted by Crippen LogP contribution is -2.30. The van der Waals surface area contributed by atoms with Gasteiger partial charge in [0.15, 0.2) is 0 Å². The second-order valence-electron chi connectivity index (χ2n) is 5.42. The molecular formula is C17H26N4. The summed E-state index contributed by atoms with van der Waals surface area (Å²) in [5.74, 6) is 0. The minimum Gasteiger partial charge on any atom is -0.366 e. The number of rotatable bonds is 7. The Hall–Kier alpha value is -1.81. The van der Waals surface area contributed by atoms with Gasteiger partial charge in [-0.05, 0) is 30.5 Å². The quantitative estimate of drug-likeness (QED) is 0.851. The molecule has 1 unspecified atom stereocenters. The largest absolute Gasteiger partial charge is 0.366 e. The topological polar surface area (TPSA) is 47.1 Å². The number of benzene rings is 1. The van der Waals surface area contributed by atoms with Crippen molar-refractivity contribution in [1.82, 2.24) is 9.78 Å². The smallest absolute Gasteiger partial charge is 0.0692 e. The van der Waals surface area contributed by atoms with E-state index in [0.29, 0.717) is 6.54 Å². The molecule has 2 N–H and O–H groups in total. The van der Waals surface area contributed by atoms with Gasteiger partial charge in [0.1, 0.15) is 0 Å². The molecule has 0 saturated heterocycles. The molecule has 4 nitrogen and oxygen atoms in total. The first-order chi connectivity index (χ1) is 10.2. The molecule has 1 aromatic carbocycles. The van der Waals surface area contributed by atoms with E-state index in [1.807, 2.05) is 10.9 Å². The molecule has 0 radical (unpaired) electrons. The molecule has 0 aliphatic rings. The normalized spacial score (nSPS) is 12.4. The van der Waals surface area contributed by atoms with Crippen molar-refractivity contribution in [3.63, 3.8) is 0 Å². The lowest BCUT2D eigenvalue weighted by molar-refractivity contribution is 0.600. The van der Waals surface area contributed by atoms with Gasteiger partial charge >= 0.3 is 0 Å². The maximum Gasteiger partial charge on any atom is 0.0692 e. The van der Waals surface area contributed by atoms with Gasteiger partial charge in [0, 0.05) is 37.6 Å². The summed E-state index contributed by atoms with van der Waals surface area (Å²) >= 11 is 0. The first kappa shape index (κ1) is 15.6. The van der Waals surface area contributed by atoms with Crippen molar-refractivity contribution in [2.24, 2.45) is 5.73 Å². The molecule has 114 valence electrons. The van der Waals surface area contributed by atoms with Crippen LogP contribution in [-0.4, -0.2) is 23.4 Å². The highest BCUT2D eigenvalue weighted by molar-refractivity contribution is 5.49. The minimum absolute atomic E-state index is 0.156. The van der Waals surface area contributed by atoms with E-state index in [4.69, 9.17) is 5.73 Å². The highest BCUT2D eigenvalue weighted by atomic mass is 15.3. The summed E-state index contributed by atoms with van der Waals surface area (Å²) in [6, 6.07) is 8.85. The number of aromatic nitrogens is 2. The first-order valence-electron chi connectivity index (χ1n) is 7.73. The van der Waals surface area contributed by atoms with Gasteiger partial charge in [-0.2, -0.15) is 5.10 Å². The van der Waals surface area contributed by atoms with Gasteiger partial charge in [-0.1, -0.05) is 26.0 Å². The van der Waals surface area contributed by atoms with Gasteiger partial charge in [-0.3, -0.25) is 4.68 Å². The lowest BCUT2D eigenvalue weighted by atomic mass is 10.1. The van der Waals surface area contributed by atoms with E-state index in [1.54, 1.807) is 0 Å². The summed E-state index contributed by atoms with van der Waals surface area (Å²) in [6.07, 6.45) is 6.19. The molecule has 0 spiro atoms. The van der Waals surface area contributed by atoms with Crippen LogP contribution in [0.5, 0.6) is 0 Å². The number of aryl methyl sites for hydroxylation is 2. The van der Waals surface area contributed by atoms with Crippen LogP contribution in [0.1, 0.15) is 37.4 Å². The molecular weight excluding hydrogens is 260 g/mol. The Kier molecular flexibility index (Phi) is 5.39. The molecule has 0 saturated carbocycles. The van der Waals surface area contributed by atoms with Crippen LogP contribution in [0.4, 0.5) is 5.69 Å². The van der Waals surface area contributed by atoms with E-state index < -0.39 is 0 Å². The fourth-order valence-corrected chi connectivity index (χ4v) is 2.57. The van der Waals surface area contributed by atoms with Gasteiger partial charge < -0.3 is 10.6 Å². The van der Waals surface area contributed by atoms with E-state index >= 15 is 0 Å². The molecule has 1 heterocycles. The van der Waals surface area contributed by atoms with Crippen LogP contribution in [0.3, 0.4) is 0 Å². The van der Waals surface area contributed by atoms with Crippen LogP contribution >= 0.6 is 0 Å². The molecule has 4 heteroatoms. The fourth-order valence-electron chi connectivity index (χ4n) is 2.57. The summed E-state index contributed by atoms with van der Waals surface area (Å²) in [7, 11) is 2.09. The SMILES string of the molecule is CCCn1cc(C(CN)N(C)c2ccc(CC)cc2)cn1. The fraction of sp³-hybridized carbons (Fsp3) is 0.471. The van der Waals surface area contributed by atoms with Crippen molar-refractivity contribution in [2.45, 2.75) is 39.3 Å². The number of nitrogens with zero attached hydrogens (tertiary/aromatic N) is 3. The molecule has 0 bridgehead atoms. The third kappa shape index (κ3) is 3.64. The lowest BCUT2D eigenvalue weighted by Gasteiger charge is -2.28. The Morgan fingerprint density at radius 1 is 1.24 bits per heavy atom. The van der Waals surface area contributed by atoms with E-state index in [-0.39, 0.29) is 6.04 Å². The third-order valence-corrected chi connectivity index (χ3v) is 3.93. The summed E-state index contributed by atoms with van der Waals surface area (Å²) < 4.78 is 1.99. The highest BCUT2D eigenvalue weighted by Crippen LogP contribution is 2.25. The van der Waals surface area contributed by atoms with Crippen molar-refractivity contribution >= 4 is 5.69 Å². The molecule has 2 rings (SSSR count). The maximum atomic E-state index is 6.00. The van der Waals surface area contributed by atoms with E-state index in [0.717, 1.165) is 19.4 Å². The van der Waals surface area contributed by atoms with Crippen molar-refractivity contribution in [3.05, 3.63) is 47.8 Å². The zero-order valence-corrected chi connectivity index (χ0v) is 13.3. The predicted octanol–water partition coefficient (Wildman–Crippen LogP) is 2.99. The number of likely N-dealkylation sites (N-methyl/N-ethyl adjacent to an activating group) is 1. The summed E-state index contributed by atoms with van der Waals surface area (Å²) in [5, 5.41) is 4.41. The number of nitrogens with two attached hydrogens (primary N) is 1. The van der Waals surface area contributed by atoms with Gasteiger partial charge in [0.2, 0.25) is 0 Å². The monoisotopic (exact) mass is 286 g/mol. The first-order valence-corrected chi connectivity index (χ1v) is 7.73. The zero-order valence-electron chi connectivity index (χ0n) is 13.3. The van der Waals surface area contributed by atoms with Gasteiger partial charge in [0.25, 0.3) is 0 Å². The summed E-state index contributed by atoms with van der Waals surface area (Å²) in [5.41, 5.74) is 9.72. The number of hydrogen-bond acceptors (Lipinski definition) is 3. The number of hydrogen-bond donors (Lipinski definition) is 1. The zero-order chi connectivity index (χ0) is 15.2. The Morgan fingerprint density at radius 3 is 2.52 bits per heavy atom. The second kappa shape index (κ2) is 7.27. The minimum atomic E-state index is 0.156. The maximum absolute atomic E-state index is 6.00. The highest BCUT2D eigenvalue weighted by Gasteiger charge is 2.17. The molecule has 0 amide bonds. The number of anilines is 1. The molecule has 21 heavy (non-hydrogen) atoms. The molecule has 1 aromatic heterocycles. The third-order valence-electron chi connectivity index (χ3n) is 3.93. The van der Waals surface area contributed by atoms with Crippen LogP contribution in [0, 0.1) is 0 Å². The Labute approximate surface area is 127 Å². The van der Waals surface area contributed by atoms with E-state index in [9.17, 15) is 0 Å². The molecule has 1 atom stereocenters. The van der Waals surface area contributed by atoms with Crippen LogP contribution < -0.4 is 10.6 Å². The molecule has 0 aliphatic heterocycles. The second-order valence-corrected chi connectivity index (χ2v) is 5.42. The van der Waals surface area contributed by atoms with Crippen molar-refractivity contribution < 1.29 is 0 Å². The average molecular weight is 286 g/mol. The van der Waals surface area contributed by atoms with E-state index in [2.05, 4.69) is 61.4 Å². The predicted molar refractivity (Wildman–Crippen MR) is 88.5 cm³/mol. The molecule has 0 fully saturated rings. The summed E-state index contributed by atoms with van der Waals surface area (Å²) in [6.45, 7) is 5.85. The average Bonchev–Trinajstić information content (AvgIpc) is 2.97. The van der Waals surface area contributed by atoms with Crippen LogP contribution in [0.25, 0.3) is 0 Å². The van der Waals surface area contributed by atoms with Crippen molar-refractivity contribution in [3.8, 4) is 0 Å². The molecule has 0 aliphatic carbocycles. The van der Waals surface area contributed by atoms with Gasteiger partial charge in [-0.25, -0.2) is 0 Å². The summed E-state index contributed by atoms with van der Waals surface area (Å²) in [4.78, 5) is 2.23. The van der Waals surface area contributed by atoms with Gasteiger partial charge in [0.05, 0.1) is 12.2 Å². The standard InChI is InChI=1S/C17H26N4/c1-4-10-21-13-15(12-19-21)17(11-18)20(3)16-8-6-14(5-2)7-9-16/h6-9,12-13,17H,4-5,10-11,18H2,1-3H3. The van der Waals surface area contributed by atoms with Crippen LogP contribution in [0.15, 0.2) is 36.7 Å². The van der Waals surface area contributed by atoms with Gasteiger partial charge in [-0.15, -0.1) is 0 Å². The Balaban J connectivity index is 2.17. The van der Waals surface area contributed by atoms with E-state index in [1.165, 1.54) is 16.8 Å². The van der Waals surface area contributed by atoms with Crippen molar-refractivity contribution in [1.29, 1.82) is 0 Å². The molecule has 2 aromatic rings. The van der Waals surface area contributed by atoms with Crippen LogP contribution in [0.2, 0.25) is 0 Å². The van der Waals surface area contributed by atoms with Crippen LogP contribution in [-0.2, 0) is 13.0 Å². The van der Waals surface area contributed by atoms with Crippen molar-refractivity contribution in [2.75, 3.05) is 18.5 Å². The Morgan fingerprint density at radius 2 is 1.95 bits per heavy atom. The Bertz CT molecular complexity index is 544.